The molecule has 0 N–H and O–H groups in total. The van der Waals surface area contributed by atoms with Crippen molar-refractivity contribution in [2.24, 2.45) is 0 Å². The van der Waals surface area contributed by atoms with Gasteiger partial charge in [0.15, 0.2) is 11.5 Å². The first kappa shape index (κ1) is 21.1. The first-order valence-electron chi connectivity index (χ1n) is 9.16. The summed E-state index contributed by atoms with van der Waals surface area (Å²) in [5, 5.41) is 0.876. The van der Waals surface area contributed by atoms with E-state index in [1.165, 1.54) is 56.8 Å². The molecule has 0 spiro atoms. The Hall–Kier alpha value is -3.16. The van der Waals surface area contributed by atoms with Crippen LogP contribution in [-0.4, -0.2) is 27.6 Å². The molecule has 0 saturated heterocycles. The van der Waals surface area contributed by atoms with E-state index in [1.54, 1.807) is 24.3 Å². The van der Waals surface area contributed by atoms with E-state index in [-0.39, 0.29) is 15.5 Å². The third-order valence-corrected chi connectivity index (χ3v) is 6.90. The highest BCUT2D eigenvalue weighted by Crippen LogP contribution is 2.39. The van der Waals surface area contributed by atoms with Crippen molar-refractivity contribution < 1.29 is 22.3 Å². The average molecular weight is 458 g/mol. The minimum atomic E-state index is -4.04. The molecule has 0 aliphatic rings. The molecule has 8 heteroatoms. The number of benzene rings is 3. The van der Waals surface area contributed by atoms with Crippen LogP contribution in [0.1, 0.15) is 0 Å². The van der Waals surface area contributed by atoms with Gasteiger partial charge in [-0.3, -0.25) is 4.98 Å². The lowest BCUT2D eigenvalue weighted by molar-refractivity contribution is 0.354. The Bertz CT molecular complexity index is 1390. The lowest BCUT2D eigenvalue weighted by Gasteiger charge is -2.15. The summed E-state index contributed by atoms with van der Waals surface area (Å²) >= 11 is 6.01. The molecule has 4 rings (SSSR count). The van der Waals surface area contributed by atoms with Gasteiger partial charge in [0.05, 0.1) is 29.5 Å². The molecule has 0 amide bonds. The summed E-state index contributed by atoms with van der Waals surface area (Å²) < 4.78 is 51.8. The van der Waals surface area contributed by atoms with Crippen LogP contribution in [-0.2, 0) is 9.84 Å². The maximum absolute atomic E-state index is 14.1. The molecule has 4 aromatic rings. The predicted octanol–water partition coefficient (Wildman–Crippen LogP) is 5.54. The molecule has 0 aliphatic carbocycles. The van der Waals surface area contributed by atoms with Gasteiger partial charge in [0.1, 0.15) is 5.82 Å². The Morgan fingerprint density at radius 1 is 0.903 bits per heavy atom. The molecule has 0 aliphatic heterocycles. The quantitative estimate of drug-likeness (QED) is 0.393. The molecule has 3 aromatic carbocycles. The third-order valence-electron chi connectivity index (χ3n) is 4.88. The molecule has 158 valence electrons. The van der Waals surface area contributed by atoms with Gasteiger partial charge in [-0.15, -0.1) is 0 Å². The van der Waals surface area contributed by atoms with Gasteiger partial charge >= 0.3 is 0 Å². The van der Waals surface area contributed by atoms with Crippen molar-refractivity contribution >= 4 is 32.3 Å². The zero-order valence-corrected chi connectivity index (χ0v) is 18.2. The van der Waals surface area contributed by atoms with Crippen molar-refractivity contribution in [3.05, 3.63) is 77.7 Å². The van der Waals surface area contributed by atoms with Gasteiger partial charge < -0.3 is 9.47 Å². The number of hydrogen-bond acceptors (Lipinski definition) is 5. The monoisotopic (exact) mass is 457 g/mol. The molecule has 0 saturated carbocycles. The second kappa shape index (κ2) is 8.17. The zero-order chi connectivity index (χ0) is 22.2. The summed E-state index contributed by atoms with van der Waals surface area (Å²) in [7, 11) is -1.15. The summed E-state index contributed by atoms with van der Waals surface area (Å²) in [4.78, 5) is 4.21. The van der Waals surface area contributed by atoms with E-state index < -0.39 is 15.7 Å². The summed E-state index contributed by atoms with van der Waals surface area (Å²) in [6, 6.07) is 15.1. The average Bonchev–Trinajstić information content (AvgIpc) is 2.78. The maximum atomic E-state index is 14.1. The van der Waals surface area contributed by atoms with Gasteiger partial charge in [0.25, 0.3) is 0 Å². The second-order valence-electron chi connectivity index (χ2n) is 6.69. The summed E-state index contributed by atoms with van der Waals surface area (Å²) in [6.45, 7) is 0. The van der Waals surface area contributed by atoms with Gasteiger partial charge in [-0.05, 0) is 48.0 Å². The topological polar surface area (TPSA) is 65.5 Å². The van der Waals surface area contributed by atoms with E-state index in [2.05, 4.69) is 4.98 Å². The zero-order valence-electron chi connectivity index (χ0n) is 16.6. The van der Waals surface area contributed by atoms with Crippen molar-refractivity contribution in [2.45, 2.75) is 9.79 Å². The van der Waals surface area contributed by atoms with Gasteiger partial charge in [-0.25, -0.2) is 12.8 Å². The lowest BCUT2D eigenvalue weighted by atomic mass is 10.0. The Morgan fingerprint density at radius 2 is 1.61 bits per heavy atom. The number of nitrogens with zero attached hydrogens (tertiary/aromatic N) is 1. The van der Waals surface area contributed by atoms with Crippen molar-refractivity contribution in [3.8, 4) is 22.6 Å². The Balaban J connectivity index is 2.03. The molecule has 0 bridgehead atoms. The highest BCUT2D eigenvalue weighted by Gasteiger charge is 2.26. The normalized spacial score (nSPS) is 11.5. The largest absolute Gasteiger partial charge is 0.493 e. The van der Waals surface area contributed by atoms with Crippen molar-refractivity contribution in [2.75, 3.05) is 14.2 Å². The van der Waals surface area contributed by atoms with E-state index in [4.69, 9.17) is 21.1 Å². The Labute approximate surface area is 183 Å². The number of aromatic nitrogens is 1. The number of methoxy groups -OCH3 is 2. The van der Waals surface area contributed by atoms with Crippen molar-refractivity contribution in [3.63, 3.8) is 0 Å². The van der Waals surface area contributed by atoms with Gasteiger partial charge in [-0.1, -0.05) is 23.7 Å². The van der Waals surface area contributed by atoms with E-state index >= 15 is 0 Å². The number of hydrogen-bond donors (Lipinski definition) is 0. The smallest absolute Gasteiger partial charge is 0.208 e. The van der Waals surface area contributed by atoms with Crippen LogP contribution in [0.4, 0.5) is 4.39 Å². The van der Waals surface area contributed by atoms with Gasteiger partial charge in [0, 0.05) is 28.2 Å². The SMILES string of the molecule is COc1ccc(S(=O)(=O)c2cnc3ccc(F)cc3c2-c2ccc(Cl)cc2)cc1OC. The summed E-state index contributed by atoms with van der Waals surface area (Å²) in [6.07, 6.45) is 1.29. The molecular formula is C23H17ClFNO4S. The van der Waals surface area contributed by atoms with E-state index in [0.717, 1.165) is 0 Å². The number of fused-ring (bicyclic) bond motifs is 1. The van der Waals surface area contributed by atoms with E-state index in [0.29, 0.717) is 32.8 Å². The molecule has 0 fully saturated rings. The van der Waals surface area contributed by atoms with Crippen LogP contribution in [0.5, 0.6) is 11.5 Å². The second-order valence-corrected chi connectivity index (χ2v) is 9.04. The van der Waals surface area contributed by atoms with Crippen LogP contribution in [0.15, 0.2) is 76.7 Å². The van der Waals surface area contributed by atoms with Gasteiger partial charge in [-0.2, -0.15) is 0 Å². The number of halogens is 2. The van der Waals surface area contributed by atoms with Crippen molar-refractivity contribution in [1.82, 2.24) is 4.98 Å². The number of rotatable bonds is 5. The van der Waals surface area contributed by atoms with E-state index in [1.807, 2.05) is 0 Å². The molecule has 1 aromatic heterocycles. The Morgan fingerprint density at radius 3 is 2.29 bits per heavy atom. The highest BCUT2D eigenvalue weighted by molar-refractivity contribution is 7.91. The molecule has 0 radical (unpaired) electrons. The fourth-order valence-corrected chi connectivity index (χ4v) is 4.95. The molecule has 5 nitrogen and oxygen atoms in total. The number of ether oxygens (including phenoxy) is 2. The summed E-state index contributed by atoms with van der Waals surface area (Å²) in [5.74, 6) is 0.180. The molecule has 0 unspecified atom stereocenters. The third kappa shape index (κ3) is 3.82. The number of sulfone groups is 1. The minimum Gasteiger partial charge on any atom is -0.493 e. The summed E-state index contributed by atoms with van der Waals surface area (Å²) in [5.41, 5.74) is 1.38. The highest BCUT2D eigenvalue weighted by atomic mass is 35.5. The lowest BCUT2D eigenvalue weighted by Crippen LogP contribution is -2.06. The van der Waals surface area contributed by atoms with Crippen LogP contribution in [0.3, 0.4) is 0 Å². The molecule has 31 heavy (non-hydrogen) atoms. The van der Waals surface area contributed by atoms with Crippen LogP contribution in [0.25, 0.3) is 22.0 Å². The van der Waals surface area contributed by atoms with Crippen LogP contribution >= 0.6 is 11.6 Å². The maximum Gasteiger partial charge on any atom is 0.208 e. The predicted molar refractivity (Wildman–Crippen MR) is 117 cm³/mol. The minimum absolute atomic E-state index is 0.00193. The first-order valence-corrected chi connectivity index (χ1v) is 11.0. The van der Waals surface area contributed by atoms with Gasteiger partial charge in [0.2, 0.25) is 9.84 Å². The van der Waals surface area contributed by atoms with Crippen molar-refractivity contribution in [1.29, 1.82) is 0 Å². The van der Waals surface area contributed by atoms with Crippen LogP contribution < -0.4 is 9.47 Å². The van der Waals surface area contributed by atoms with E-state index in [9.17, 15) is 12.8 Å². The first-order chi connectivity index (χ1) is 14.8. The van der Waals surface area contributed by atoms with Crippen LogP contribution in [0.2, 0.25) is 5.02 Å². The Kier molecular flexibility index (Phi) is 5.56. The molecule has 1 heterocycles. The fourth-order valence-electron chi connectivity index (χ4n) is 3.38. The standard InChI is InChI=1S/C23H17ClFNO4S/c1-29-20-10-8-17(12-21(20)30-2)31(27,28)22-13-26-19-9-7-16(25)11-18(19)23(22)14-3-5-15(24)6-4-14/h3-13H,1-2H3. The number of pyridine rings is 1. The molecular weight excluding hydrogens is 441 g/mol. The van der Waals surface area contributed by atoms with Crippen LogP contribution in [0, 0.1) is 5.82 Å². The fraction of sp³-hybridized carbons (Fsp3) is 0.0870. The molecule has 0 atom stereocenters.